The van der Waals surface area contributed by atoms with Crippen LogP contribution in [0.5, 0.6) is 0 Å². The summed E-state index contributed by atoms with van der Waals surface area (Å²) in [5.41, 5.74) is 5.90. The molecule has 15 nitrogen and oxygen atoms in total. The molecule has 0 unspecified atom stereocenters. The van der Waals surface area contributed by atoms with Crippen molar-refractivity contribution < 1.29 is 33.9 Å². The molecule has 3 heterocycles. The molecule has 3 aliphatic heterocycles. The van der Waals surface area contributed by atoms with Gasteiger partial charge in [-0.2, -0.15) is 0 Å². The number of nitrogens with one attached hydrogen (secondary N) is 6. The molecule has 3 rings (SSSR count). The molecular weight excluding hydrogens is 500 g/mol. The molecule has 0 spiro atoms. The van der Waals surface area contributed by atoms with E-state index in [1.54, 1.807) is 6.92 Å². The maximum atomic E-state index is 13.6. The number of amides is 5. The molecule has 0 aromatic heterocycles. The van der Waals surface area contributed by atoms with Gasteiger partial charge in [-0.1, -0.05) is 0 Å². The van der Waals surface area contributed by atoms with E-state index >= 15 is 0 Å². The molecule has 0 saturated carbocycles. The van der Waals surface area contributed by atoms with Gasteiger partial charge in [0.1, 0.15) is 24.2 Å². The second-order valence-corrected chi connectivity index (χ2v) is 9.90. The highest BCUT2D eigenvalue weighted by molar-refractivity contribution is 5.98. The van der Waals surface area contributed by atoms with Crippen molar-refractivity contribution in [2.24, 2.45) is 11.7 Å². The molecule has 0 aliphatic carbocycles. The maximum absolute atomic E-state index is 13.6. The Morgan fingerprint density at radius 1 is 1.08 bits per heavy atom. The minimum Gasteiger partial charge on any atom is -0.481 e. The van der Waals surface area contributed by atoms with Gasteiger partial charge in [-0.3, -0.25) is 34.2 Å². The quantitative estimate of drug-likeness (QED) is 0.0925. The zero-order chi connectivity index (χ0) is 28.0. The number of carbonyl (C=O) groups is 6. The first kappa shape index (κ1) is 28.8. The zero-order valence-electron chi connectivity index (χ0n) is 21.2. The molecule has 210 valence electrons. The van der Waals surface area contributed by atoms with E-state index < -0.39 is 78.6 Å². The Kier molecular flexibility index (Phi) is 9.61. The third-order valence-corrected chi connectivity index (χ3v) is 7.12. The van der Waals surface area contributed by atoms with Crippen LogP contribution in [0.3, 0.4) is 0 Å². The molecule has 5 amide bonds. The number of amidine groups is 1. The number of hydrogen-bond donors (Lipinski definition) is 8. The SMILES string of the molecule is CC(=N)NCCC[C@@H]1NC(=O)[C@@H]2CC[C@H]3C[C@@H](CN)[C@@H](NC(=O)[C@H](CC(=O)O)NC(=O)CNC1=O)C(=O)N32. The smallest absolute Gasteiger partial charge is 0.305 e. The van der Waals surface area contributed by atoms with Crippen LogP contribution in [0.1, 0.15) is 45.4 Å². The lowest BCUT2D eigenvalue weighted by Crippen LogP contribution is -2.64. The Morgan fingerprint density at radius 3 is 2.47 bits per heavy atom. The summed E-state index contributed by atoms with van der Waals surface area (Å²) in [6, 6.07) is -4.73. The second kappa shape index (κ2) is 12.7. The van der Waals surface area contributed by atoms with E-state index in [-0.39, 0.29) is 24.8 Å². The van der Waals surface area contributed by atoms with E-state index in [0.29, 0.717) is 32.2 Å². The number of hydrogen-bond acceptors (Lipinski definition) is 8. The normalized spacial score (nSPS) is 30.3. The summed E-state index contributed by atoms with van der Waals surface area (Å²) in [6.45, 7) is 1.48. The topological polar surface area (TPSA) is 236 Å². The van der Waals surface area contributed by atoms with Crippen molar-refractivity contribution in [1.82, 2.24) is 31.5 Å². The molecule has 2 bridgehead atoms. The lowest BCUT2D eigenvalue weighted by molar-refractivity contribution is -0.149. The highest BCUT2D eigenvalue weighted by Gasteiger charge is 2.50. The highest BCUT2D eigenvalue weighted by Crippen LogP contribution is 2.35. The molecule has 0 aromatic carbocycles. The Balaban J connectivity index is 1.90. The van der Waals surface area contributed by atoms with E-state index in [2.05, 4.69) is 26.6 Å². The van der Waals surface area contributed by atoms with Crippen LogP contribution in [0.15, 0.2) is 0 Å². The van der Waals surface area contributed by atoms with Crippen molar-refractivity contribution in [3.8, 4) is 0 Å². The number of aliphatic carboxylic acids is 1. The number of nitrogens with two attached hydrogens (primary N) is 1. The molecule has 3 saturated heterocycles. The maximum Gasteiger partial charge on any atom is 0.305 e. The third-order valence-electron chi connectivity index (χ3n) is 7.12. The number of nitrogens with zero attached hydrogens (tertiary/aromatic N) is 1. The van der Waals surface area contributed by atoms with Crippen LogP contribution in [0.4, 0.5) is 0 Å². The summed E-state index contributed by atoms with van der Waals surface area (Å²) in [5, 5.41) is 29.5. The zero-order valence-corrected chi connectivity index (χ0v) is 21.2. The van der Waals surface area contributed by atoms with Gasteiger partial charge in [-0.25, -0.2) is 0 Å². The average molecular weight is 537 g/mol. The van der Waals surface area contributed by atoms with E-state index in [9.17, 15) is 33.9 Å². The largest absolute Gasteiger partial charge is 0.481 e. The molecule has 38 heavy (non-hydrogen) atoms. The minimum absolute atomic E-state index is 0.0810. The fourth-order valence-electron chi connectivity index (χ4n) is 5.26. The lowest BCUT2D eigenvalue weighted by Gasteiger charge is -2.42. The van der Waals surface area contributed by atoms with Gasteiger partial charge in [-0.15, -0.1) is 0 Å². The molecule has 0 radical (unpaired) electrons. The van der Waals surface area contributed by atoms with Crippen molar-refractivity contribution in [3.05, 3.63) is 0 Å². The number of piperidine rings is 1. The van der Waals surface area contributed by atoms with Crippen LogP contribution < -0.4 is 32.3 Å². The molecule has 15 heteroatoms. The van der Waals surface area contributed by atoms with Gasteiger partial charge in [0, 0.05) is 18.5 Å². The fourth-order valence-corrected chi connectivity index (χ4v) is 5.26. The first-order chi connectivity index (χ1) is 18.0. The predicted molar refractivity (Wildman–Crippen MR) is 133 cm³/mol. The van der Waals surface area contributed by atoms with Crippen molar-refractivity contribution in [2.45, 2.75) is 75.7 Å². The minimum atomic E-state index is -1.49. The van der Waals surface area contributed by atoms with E-state index in [1.165, 1.54) is 4.90 Å². The molecule has 6 atom stereocenters. The van der Waals surface area contributed by atoms with Gasteiger partial charge in [0.05, 0.1) is 18.8 Å². The first-order valence-electron chi connectivity index (χ1n) is 12.7. The second-order valence-electron chi connectivity index (χ2n) is 9.90. The summed E-state index contributed by atoms with van der Waals surface area (Å²) in [6.07, 6.45) is 1.24. The molecular formula is C23H36N8O7. The monoisotopic (exact) mass is 536 g/mol. The Labute approximate surface area is 219 Å². The van der Waals surface area contributed by atoms with Gasteiger partial charge in [0.25, 0.3) is 0 Å². The predicted octanol–water partition coefficient (Wildman–Crippen LogP) is -3.25. The average Bonchev–Trinajstić information content (AvgIpc) is 3.28. The van der Waals surface area contributed by atoms with E-state index in [0.717, 1.165) is 0 Å². The van der Waals surface area contributed by atoms with Crippen LogP contribution in [0, 0.1) is 11.3 Å². The van der Waals surface area contributed by atoms with Gasteiger partial charge < -0.3 is 42.3 Å². The van der Waals surface area contributed by atoms with Crippen molar-refractivity contribution in [1.29, 1.82) is 5.41 Å². The van der Waals surface area contributed by atoms with E-state index in [4.69, 9.17) is 11.1 Å². The Hall–Kier alpha value is -3.75. The summed E-state index contributed by atoms with van der Waals surface area (Å²) in [5.74, 6) is -4.89. The fraction of sp³-hybridized carbons (Fsp3) is 0.696. The molecule has 0 aromatic rings. The number of carboxylic acids is 1. The van der Waals surface area contributed by atoms with Crippen molar-refractivity contribution in [2.75, 3.05) is 19.6 Å². The number of carboxylic acid groups (broad SMARTS) is 1. The molecule has 9 N–H and O–H groups in total. The summed E-state index contributed by atoms with van der Waals surface area (Å²) >= 11 is 0. The molecule has 3 aliphatic rings. The first-order valence-corrected chi connectivity index (χ1v) is 12.7. The van der Waals surface area contributed by atoms with Gasteiger partial charge in [0.2, 0.25) is 29.5 Å². The van der Waals surface area contributed by atoms with Crippen molar-refractivity contribution in [3.63, 3.8) is 0 Å². The summed E-state index contributed by atoms with van der Waals surface area (Å²) in [7, 11) is 0. The number of carbonyl (C=O) groups excluding carboxylic acids is 5. The number of rotatable bonds is 7. The number of fused-ring (bicyclic) bond motifs is 1. The van der Waals surface area contributed by atoms with Crippen LogP contribution in [0.2, 0.25) is 0 Å². The van der Waals surface area contributed by atoms with E-state index in [1.807, 2.05) is 0 Å². The Morgan fingerprint density at radius 2 is 1.82 bits per heavy atom. The van der Waals surface area contributed by atoms with Gasteiger partial charge >= 0.3 is 5.97 Å². The van der Waals surface area contributed by atoms with Crippen LogP contribution >= 0.6 is 0 Å². The highest BCUT2D eigenvalue weighted by atomic mass is 16.4. The standard InChI is InChI=1S/C23H36N8O7/c1-11(25)26-6-2-3-14-20(35)27-10-17(32)28-15(8-18(33)34)21(36)30-19-12(9-24)7-13-4-5-16(22(37)29-14)31(13)23(19)38/h12-16,19H,2-10,24H2,1H3,(H2,25,26)(H,27,35)(H,28,32)(H,29,37)(H,30,36)(H,33,34)/t12-,13-,14-,15-,16-,19+/m0/s1. The third kappa shape index (κ3) is 6.96. The molecule has 3 fully saturated rings. The van der Waals surface area contributed by atoms with Gasteiger partial charge in [0.15, 0.2) is 0 Å². The summed E-state index contributed by atoms with van der Waals surface area (Å²) < 4.78 is 0. The van der Waals surface area contributed by atoms with Crippen LogP contribution in [-0.2, 0) is 28.8 Å². The van der Waals surface area contributed by atoms with Gasteiger partial charge in [-0.05, 0) is 45.6 Å². The van der Waals surface area contributed by atoms with Crippen molar-refractivity contribution >= 4 is 41.3 Å². The lowest BCUT2D eigenvalue weighted by atomic mass is 9.86. The van der Waals surface area contributed by atoms with Crippen LogP contribution in [0.25, 0.3) is 0 Å². The summed E-state index contributed by atoms with van der Waals surface area (Å²) in [4.78, 5) is 78.1. The Bertz CT molecular complexity index is 989. The van der Waals surface area contributed by atoms with Crippen LogP contribution in [-0.4, -0.2) is 101 Å².